The molecule has 0 aliphatic heterocycles. The van der Waals surface area contributed by atoms with Gasteiger partial charge in [-0.25, -0.2) is 18.2 Å². The third-order valence-electron chi connectivity index (χ3n) is 5.52. The molecular formula is C23H18ClF3N2O2S. The summed E-state index contributed by atoms with van der Waals surface area (Å²) in [5, 5.41) is 1.92. The van der Waals surface area contributed by atoms with Crippen LogP contribution in [0.4, 0.5) is 13.2 Å². The highest BCUT2D eigenvalue weighted by Crippen LogP contribution is 2.40. The predicted molar refractivity (Wildman–Crippen MR) is 120 cm³/mol. The molecule has 0 saturated heterocycles. The van der Waals surface area contributed by atoms with E-state index in [2.05, 4.69) is 9.97 Å². The second-order valence-electron chi connectivity index (χ2n) is 7.86. The van der Waals surface area contributed by atoms with Gasteiger partial charge < -0.3 is 9.47 Å². The molecule has 0 spiro atoms. The quantitative estimate of drug-likeness (QED) is 0.309. The molecular weight excluding hydrogens is 461 g/mol. The van der Waals surface area contributed by atoms with E-state index in [1.165, 1.54) is 23.5 Å². The Balaban J connectivity index is 1.53. The Morgan fingerprint density at radius 3 is 2.81 bits per heavy atom. The molecule has 9 heteroatoms. The second kappa shape index (κ2) is 8.08. The standard InChI is InChI=1S/C23H18ClF3N2O2S/c1-30-15-6-12-5-13(24)7-16(21(12)28-11-15)22-29-18-8-17(25)19(9-20(18)32-22)31-14-3-2-4-23(26,27)10-14/h5-9,11,14H,2-4,10H2,1H3/t14-/m0/s1. The van der Waals surface area contributed by atoms with E-state index in [4.69, 9.17) is 21.1 Å². The highest BCUT2D eigenvalue weighted by atomic mass is 35.5. The van der Waals surface area contributed by atoms with E-state index < -0.39 is 24.3 Å². The molecule has 1 aliphatic carbocycles. The fourth-order valence-corrected chi connectivity index (χ4v) is 5.23. The summed E-state index contributed by atoms with van der Waals surface area (Å²) < 4.78 is 53.6. The van der Waals surface area contributed by atoms with Crippen molar-refractivity contribution in [1.82, 2.24) is 9.97 Å². The van der Waals surface area contributed by atoms with Gasteiger partial charge in [0.15, 0.2) is 11.6 Å². The van der Waals surface area contributed by atoms with E-state index in [1.807, 2.05) is 6.07 Å². The summed E-state index contributed by atoms with van der Waals surface area (Å²) in [5.41, 5.74) is 1.85. The molecule has 1 atom stereocenters. The first-order valence-corrected chi connectivity index (χ1v) is 11.3. The summed E-state index contributed by atoms with van der Waals surface area (Å²) in [4.78, 5) is 9.04. The molecule has 1 aliphatic rings. The summed E-state index contributed by atoms with van der Waals surface area (Å²) in [6, 6.07) is 8.18. The lowest BCUT2D eigenvalue weighted by atomic mass is 9.94. The van der Waals surface area contributed by atoms with Gasteiger partial charge in [-0.2, -0.15) is 0 Å². The van der Waals surface area contributed by atoms with E-state index in [0.29, 0.717) is 49.9 Å². The minimum atomic E-state index is -2.77. The lowest BCUT2D eigenvalue weighted by Crippen LogP contribution is -2.33. The number of fused-ring (bicyclic) bond motifs is 2. The van der Waals surface area contributed by atoms with Crippen LogP contribution in [0, 0.1) is 5.82 Å². The number of hydrogen-bond donors (Lipinski definition) is 0. The maximum atomic E-state index is 14.7. The normalized spacial score (nSPS) is 18.2. The number of nitrogens with zero attached hydrogens (tertiary/aromatic N) is 2. The third-order valence-corrected chi connectivity index (χ3v) is 6.79. The van der Waals surface area contributed by atoms with Crippen molar-refractivity contribution < 1.29 is 22.6 Å². The van der Waals surface area contributed by atoms with Crippen LogP contribution in [0.3, 0.4) is 0 Å². The van der Waals surface area contributed by atoms with Crippen LogP contribution in [0.15, 0.2) is 36.5 Å². The maximum Gasteiger partial charge on any atom is 0.251 e. The molecule has 5 rings (SSSR count). The van der Waals surface area contributed by atoms with Crippen molar-refractivity contribution >= 4 is 44.1 Å². The van der Waals surface area contributed by atoms with E-state index in [0.717, 1.165) is 5.39 Å². The molecule has 32 heavy (non-hydrogen) atoms. The van der Waals surface area contributed by atoms with Crippen molar-refractivity contribution in [3.63, 3.8) is 0 Å². The van der Waals surface area contributed by atoms with Gasteiger partial charge >= 0.3 is 0 Å². The van der Waals surface area contributed by atoms with Crippen LogP contribution in [-0.2, 0) is 0 Å². The van der Waals surface area contributed by atoms with Gasteiger partial charge in [0.05, 0.1) is 29.0 Å². The van der Waals surface area contributed by atoms with Gasteiger partial charge in [0, 0.05) is 40.9 Å². The number of thiazole rings is 1. The number of pyridine rings is 1. The Morgan fingerprint density at radius 2 is 2.03 bits per heavy atom. The minimum absolute atomic E-state index is 0.0331. The Labute approximate surface area is 191 Å². The van der Waals surface area contributed by atoms with Crippen molar-refractivity contribution in [2.75, 3.05) is 7.11 Å². The van der Waals surface area contributed by atoms with E-state index in [9.17, 15) is 13.2 Å². The zero-order valence-corrected chi connectivity index (χ0v) is 18.6. The van der Waals surface area contributed by atoms with Crippen LogP contribution in [0.2, 0.25) is 5.02 Å². The summed E-state index contributed by atoms with van der Waals surface area (Å²) >= 11 is 7.65. The summed E-state index contributed by atoms with van der Waals surface area (Å²) in [5.74, 6) is -2.83. The average Bonchev–Trinajstić information content (AvgIpc) is 3.14. The predicted octanol–water partition coefficient (Wildman–Crippen LogP) is 7.27. The molecule has 0 unspecified atom stereocenters. The number of methoxy groups -OCH3 is 1. The molecule has 1 saturated carbocycles. The van der Waals surface area contributed by atoms with Crippen molar-refractivity contribution in [1.29, 1.82) is 0 Å². The molecule has 4 aromatic rings. The van der Waals surface area contributed by atoms with Crippen molar-refractivity contribution in [3.05, 3.63) is 47.4 Å². The molecule has 2 aromatic heterocycles. The number of aromatic nitrogens is 2. The van der Waals surface area contributed by atoms with Gasteiger partial charge in [0.1, 0.15) is 16.9 Å². The Morgan fingerprint density at radius 1 is 1.19 bits per heavy atom. The minimum Gasteiger partial charge on any atom is -0.495 e. The zero-order chi connectivity index (χ0) is 22.5. The van der Waals surface area contributed by atoms with Gasteiger partial charge in [-0.05, 0) is 31.0 Å². The first-order valence-electron chi connectivity index (χ1n) is 10.1. The monoisotopic (exact) mass is 478 g/mol. The summed E-state index contributed by atoms with van der Waals surface area (Å²) in [7, 11) is 1.56. The van der Waals surface area contributed by atoms with Crippen LogP contribution < -0.4 is 9.47 Å². The molecule has 0 amide bonds. The molecule has 166 valence electrons. The van der Waals surface area contributed by atoms with Crippen molar-refractivity contribution in [2.45, 2.75) is 37.7 Å². The molecule has 2 heterocycles. The van der Waals surface area contributed by atoms with Gasteiger partial charge in [0.25, 0.3) is 5.92 Å². The van der Waals surface area contributed by atoms with Gasteiger partial charge in [0.2, 0.25) is 0 Å². The smallest absolute Gasteiger partial charge is 0.251 e. The number of halogens is 4. The molecule has 1 fully saturated rings. The Kier molecular flexibility index (Phi) is 5.37. The lowest BCUT2D eigenvalue weighted by molar-refractivity contribution is -0.0701. The molecule has 4 nitrogen and oxygen atoms in total. The van der Waals surface area contributed by atoms with E-state index in [1.54, 1.807) is 25.4 Å². The van der Waals surface area contributed by atoms with E-state index in [-0.39, 0.29) is 12.2 Å². The van der Waals surface area contributed by atoms with Crippen LogP contribution in [0.5, 0.6) is 11.5 Å². The highest BCUT2D eigenvalue weighted by molar-refractivity contribution is 7.21. The topological polar surface area (TPSA) is 44.2 Å². The molecule has 0 N–H and O–H groups in total. The number of rotatable bonds is 4. The van der Waals surface area contributed by atoms with Gasteiger partial charge in [-0.15, -0.1) is 11.3 Å². The highest BCUT2D eigenvalue weighted by Gasteiger charge is 2.37. The van der Waals surface area contributed by atoms with E-state index >= 15 is 0 Å². The summed E-state index contributed by atoms with van der Waals surface area (Å²) in [6.07, 6.45) is 1.17. The van der Waals surface area contributed by atoms with Crippen LogP contribution in [0.1, 0.15) is 25.7 Å². The van der Waals surface area contributed by atoms with Crippen molar-refractivity contribution in [2.24, 2.45) is 0 Å². The van der Waals surface area contributed by atoms with Crippen LogP contribution in [-0.4, -0.2) is 29.1 Å². The fraction of sp³-hybridized carbons (Fsp3) is 0.304. The third kappa shape index (κ3) is 4.09. The van der Waals surface area contributed by atoms with Crippen molar-refractivity contribution in [3.8, 4) is 22.1 Å². The first-order chi connectivity index (χ1) is 15.3. The maximum absolute atomic E-state index is 14.7. The lowest BCUT2D eigenvalue weighted by Gasteiger charge is -2.29. The number of hydrogen-bond acceptors (Lipinski definition) is 5. The Bertz CT molecular complexity index is 1330. The fourth-order valence-electron chi connectivity index (χ4n) is 4.01. The SMILES string of the molecule is COc1cnc2c(-c3nc4cc(F)c(O[C@H]5CCCC(F)(F)C5)cc4s3)cc(Cl)cc2c1. The molecule has 2 aromatic carbocycles. The second-order valence-corrected chi connectivity index (χ2v) is 9.33. The van der Waals surface area contributed by atoms with Crippen LogP contribution in [0.25, 0.3) is 31.7 Å². The van der Waals surface area contributed by atoms with Crippen LogP contribution >= 0.6 is 22.9 Å². The molecule has 0 radical (unpaired) electrons. The molecule has 0 bridgehead atoms. The first kappa shape index (κ1) is 21.3. The van der Waals surface area contributed by atoms with Gasteiger partial charge in [-0.3, -0.25) is 4.98 Å². The number of benzene rings is 2. The summed E-state index contributed by atoms with van der Waals surface area (Å²) in [6.45, 7) is 0. The zero-order valence-electron chi connectivity index (χ0n) is 17.0. The average molecular weight is 479 g/mol. The number of ether oxygens (including phenoxy) is 2. The largest absolute Gasteiger partial charge is 0.495 e. The Hall–Kier alpha value is -2.58. The number of alkyl halides is 2. The van der Waals surface area contributed by atoms with Gasteiger partial charge in [-0.1, -0.05) is 11.6 Å².